The van der Waals surface area contributed by atoms with E-state index in [0.29, 0.717) is 12.0 Å². The van der Waals surface area contributed by atoms with Crippen molar-refractivity contribution in [2.45, 2.75) is 52.1 Å². The third-order valence-electron chi connectivity index (χ3n) is 3.62. The van der Waals surface area contributed by atoms with E-state index in [9.17, 15) is 4.79 Å². The van der Waals surface area contributed by atoms with Gasteiger partial charge in [0.15, 0.2) is 0 Å². The minimum Gasteiger partial charge on any atom is -0.469 e. The summed E-state index contributed by atoms with van der Waals surface area (Å²) in [5.41, 5.74) is 0. The van der Waals surface area contributed by atoms with E-state index in [4.69, 9.17) is 4.74 Å². The summed E-state index contributed by atoms with van der Waals surface area (Å²) in [7, 11) is 1.48. The fourth-order valence-corrected chi connectivity index (χ4v) is 2.70. The number of nitrogens with one attached hydrogen (secondary N) is 1. The number of methoxy groups -OCH3 is 1. The smallest absolute Gasteiger partial charge is 0.310 e. The van der Waals surface area contributed by atoms with Crippen LogP contribution in [0.4, 0.5) is 0 Å². The summed E-state index contributed by atoms with van der Waals surface area (Å²) in [6, 6.07) is 0.798. The Morgan fingerprint density at radius 1 is 1.40 bits per heavy atom. The van der Waals surface area contributed by atoms with E-state index in [-0.39, 0.29) is 17.9 Å². The normalized spacial score (nSPS) is 36.3. The number of carbonyl (C=O) groups excluding carboxylic acids is 1. The topological polar surface area (TPSA) is 38.3 Å². The average molecular weight is 213 g/mol. The van der Waals surface area contributed by atoms with E-state index < -0.39 is 0 Å². The van der Waals surface area contributed by atoms with Crippen molar-refractivity contribution in [1.82, 2.24) is 5.32 Å². The largest absolute Gasteiger partial charge is 0.469 e. The number of ether oxygens (including phenoxy) is 1. The summed E-state index contributed by atoms with van der Waals surface area (Å²) in [6.45, 7) is 6.44. The molecule has 0 aromatic heterocycles. The Hall–Kier alpha value is -0.570. The lowest BCUT2D eigenvalue weighted by molar-refractivity contribution is -0.150. The Balaban J connectivity index is 2.72. The molecular weight excluding hydrogens is 190 g/mol. The van der Waals surface area contributed by atoms with Gasteiger partial charge in [0.25, 0.3) is 0 Å². The SMILES string of the molecule is CCC1CC(CC)C(C(=O)OC)C(C)N1. The van der Waals surface area contributed by atoms with Gasteiger partial charge in [0.2, 0.25) is 0 Å². The summed E-state index contributed by atoms with van der Waals surface area (Å²) in [6.07, 6.45) is 3.29. The van der Waals surface area contributed by atoms with Crippen LogP contribution in [0.25, 0.3) is 0 Å². The molecule has 1 saturated heterocycles. The molecule has 1 rings (SSSR count). The molecule has 3 heteroatoms. The van der Waals surface area contributed by atoms with Crippen LogP contribution in [0.5, 0.6) is 0 Å². The lowest BCUT2D eigenvalue weighted by atomic mass is 9.76. The minimum absolute atomic E-state index is 0.0304. The van der Waals surface area contributed by atoms with Crippen LogP contribution in [0.2, 0.25) is 0 Å². The third-order valence-corrected chi connectivity index (χ3v) is 3.62. The molecule has 0 bridgehead atoms. The highest BCUT2D eigenvalue weighted by Gasteiger charge is 2.38. The molecule has 0 saturated carbocycles. The van der Waals surface area contributed by atoms with Crippen molar-refractivity contribution in [2.24, 2.45) is 11.8 Å². The van der Waals surface area contributed by atoms with Gasteiger partial charge < -0.3 is 10.1 Å². The van der Waals surface area contributed by atoms with Crippen LogP contribution in [0.1, 0.15) is 40.0 Å². The molecule has 1 aliphatic rings. The zero-order valence-corrected chi connectivity index (χ0v) is 10.2. The van der Waals surface area contributed by atoms with Crippen molar-refractivity contribution in [3.63, 3.8) is 0 Å². The van der Waals surface area contributed by atoms with Crippen LogP contribution in [0.15, 0.2) is 0 Å². The van der Waals surface area contributed by atoms with Gasteiger partial charge in [-0.25, -0.2) is 0 Å². The Morgan fingerprint density at radius 3 is 2.53 bits per heavy atom. The first-order valence-electron chi connectivity index (χ1n) is 5.97. The predicted molar refractivity (Wildman–Crippen MR) is 60.6 cm³/mol. The van der Waals surface area contributed by atoms with Gasteiger partial charge in [-0.3, -0.25) is 4.79 Å². The second kappa shape index (κ2) is 5.50. The number of esters is 1. The van der Waals surface area contributed by atoms with Crippen molar-refractivity contribution >= 4 is 5.97 Å². The first-order valence-corrected chi connectivity index (χ1v) is 5.97. The van der Waals surface area contributed by atoms with E-state index in [2.05, 4.69) is 26.1 Å². The van der Waals surface area contributed by atoms with Crippen molar-refractivity contribution in [3.05, 3.63) is 0 Å². The van der Waals surface area contributed by atoms with Crippen molar-refractivity contribution in [2.75, 3.05) is 7.11 Å². The maximum Gasteiger partial charge on any atom is 0.310 e. The number of hydrogen-bond acceptors (Lipinski definition) is 3. The highest BCUT2D eigenvalue weighted by Crippen LogP contribution is 2.31. The molecule has 3 nitrogen and oxygen atoms in total. The average Bonchev–Trinajstić information content (AvgIpc) is 2.26. The van der Waals surface area contributed by atoms with Gasteiger partial charge in [-0.1, -0.05) is 20.3 Å². The van der Waals surface area contributed by atoms with Gasteiger partial charge in [0.05, 0.1) is 13.0 Å². The van der Waals surface area contributed by atoms with E-state index in [1.54, 1.807) is 0 Å². The standard InChI is InChI=1S/C12H23NO2/c1-5-9-7-10(6-2)13-8(3)11(9)12(14)15-4/h8-11,13H,5-7H2,1-4H3. The number of carbonyl (C=O) groups is 1. The fraction of sp³-hybridized carbons (Fsp3) is 0.917. The van der Waals surface area contributed by atoms with E-state index >= 15 is 0 Å². The predicted octanol–water partition coefficient (Wildman–Crippen LogP) is 1.96. The molecule has 1 aliphatic heterocycles. The van der Waals surface area contributed by atoms with E-state index in [1.165, 1.54) is 7.11 Å². The molecule has 0 aromatic carbocycles. The molecular formula is C12H23NO2. The van der Waals surface area contributed by atoms with Crippen LogP contribution in [0.3, 0.4) is 0 Å². The Kier molecular flexibility index (Phi) is 4.58. The summed E-state index contributed by atoms with van der Waals surface area (Å²) in [5, 5.41) is 3.49. The monoisotopic (exact) mass is 213 g/mol. The van der Waals surface area contributed by atoms with Gasteiger partial charge in [-0.05, 0) is 25.7 Å². The first-order chi connectivity index (χ1) is 7.13. The van der Waals surface area contributed by atoms with Gasteiger partial charge in [0, 0.05) is 12.1 Å². The van der Waals surface area contributed by atoms with Crippen LogP contribution in [-0.2, 0) is 9.53 Å². The number of hydrogen-bond donors (Lipinski definition) is 1. The molecule has 4 atom stereocenters. The Morgan fingerprint density at radius 2 is 2.07 bits per heavy atom. The van der Waals surface area contributed by atoms with Gasteiger partial charge >= 0.3 is 5.97 Å². The molecule has 0 spiro atoms. The van der Waals surface area contributed by atoms with Gasteiger partial charge in [0.1, 0.15) is 0 Å². The Bertz CT molecular complexity index is 218. The highest BCUT2D eigenvalue weighted by molar-refractivity contribution is 5.73. The molecule has 1 N–H and O–H groups in total. The minimum atomic E-state index is -0.0589. The quantitative estimate of drug-likeness (QED) is 0.728. The van der Waals surface area contributed by atoms with E-state index in [1.807, 2.05) is 0 Å². The lowest BCUT2D eigenvalue weighted by Gasteiger charge is -2.39. The summed E-state index contributed by atoms with van der Waals surface area (Å²) in [4.78, 5) is 11.7. The number of rotatable bonds is 3. The van der Waals surface area contributed by atoms with E-state index in [0.717, 1.165) is 19.3 Å². The fourth-order valence-electron chi connectivity index (χ4n) is 2.70. The third kappa shape index (κ3) is 2.71. The molecule has 0 radical (unpaired) electrons. The maximum atomic E-state index is 11.7. The van der Waals surface area contributed by atoms with Crippen molar-refractivity contribution in [3.8, 4) is 0 Å². The summed E-state index contributed by atoms with van der Waals surface area (Å²) >= 11 is 0. The van der Waals surface area contributed by atoms with Crippen LogP contribution in [0, 0.1) is 11.8 Å². The molecule has 1 fully saturated rings. The second-order valence-corrected chi connectivity index (χ2v) is 4.51. The van der Waals surface area contributed by atoms with Crippen molar-refractivity contribution < 1.29 is 9.53 Å². The molecule has 0 aromatic rings. The molecule has 88 valence electrons. The molecule has 15 heavy (non-hydrogen) atoms. The van der Waals surface area contributed by atoms with Crippen LogP contribution < -0.4 is 5.32 Å². The zero-order chi connectivity index (χ0) is 11.4. The maximum absolute atomic E-state index is 11.7. The Labute approximate surface area is 92.6 Å². The summed E-state index contributed by atoms with van der Waals surface area (Å²) < 4.78 is 4.88. The van der Waals surface area contributed by atoms with Crippen LogP contribution in [-0.4, -0.2) is 25.2 Å². The summed E-state index contributed by atoms with van der Waals surface area (Å²) in [5.74, 6) is 0.442. The van der Waals surface area contributed by atoms with Gasteiger partial charge in [-0.15, -0.1) is 0 Å². The van der Waals surface area contributed by atoms with Gasteiger partial charge in [-0.2, -0.15) is 0 Å². The second-order valence-electron chi connectivity index (χ2n) is 4.51. The zero-order valence-electron chi connectivity index (χ0n) is 10.2. The molecule has 0 amide bonds. The number of piperidine rings is 1. The van der Waals surface area contributed by atoms with Crippen LogP contribution >= 0.6 is 0 Å². The first kappa shape index (κ1) is 12.5. The highest BCUT2D eigenvalue weighted by atomic mass is 16.5. The molecule has 4 unspecified atom stereocenters. The lowest BCUT2D eigenvalue weighted by Crippen LogP contribution is -2.52. The van der Waals surface area contributed by atoms with Crippen molar-refractivity contribution in [1.29, 1.82) is 0 Å². The molecule has 1 heterocycles. The molecule has 0 aliphatic carbocycles.